The Morgan fingerprint density at radius 3 is 2.29 bits per heavy atom. The molecule has 0 aliphatic heterocycles. The highest BCUT2D eigenvalue weighted by atomic mass is 35.5. The van der Waals surface area contributed by atoms with Crippen LogP contribution in [0.25, 0.3) is 11.3 Å². The molecule has 0 aliphatic rings. The molecule has 2 heterocycles. The van der Waals surface area contributed by atoms with Crippen LogP contribution in [-0.4, -0.2) is 9.97 Å². The fourth-order valence-corrected chi connectivity index (χ4v) is 2.66. The van der Waals surface area contributed by atoms with E-state index in [1.54, 1.807) is 6.92 Å². The fourth-order valence-electron chi connectivity index (χ4n) is 2.55. The average molecular weight is 305 g/mol. The number of halogens is 1. The highest BCUT2D eigenvalue weighted by Gasteiger charge is 2.20. The summed E-state index contributed by atoms with van der Waals surface area (Å²) in [6.07, 6.45) is 0. The monoisotopic (exact) mass is 304 g/mol. The second-order valence-electron chi connectivity index (χ2n) is 6.52. The minimum Gasteiger partial charge on any atom is -0.357 e. The largest absolute Gasteiger partial charge is 0.357 e. The average Bonchev–Trinajstić information content (AvgIpc) is 2.36. The summed E-state index contributed by atoms with van der Waals surface area (Å²) in [5.74, 6) is 0. The number of aromatic nitrogens is 2. The van der Waals surface area contributed by atoms with Crippen LogP contribution in [0.5, 0.6) is 0 Å². The van der Waals surface area contributed by atoms with E-state index in [1.165, 1.54) is 6.07 Å². The lowest BCUT2D eigenvalue weighted by molar-refractivity contribution is 0.562. The molecule has 0 aliphatic carbocycles. The van der Waals surface area contributed by atoms with E-state index in [9.17, 15) is 4.79 Å². The van der Waals surface area contributed by atoms with E-state index in [-0.39, 0.29) is 15.9 Å². The van der Waals surface area contributed by atoms with Gasteiger partial charge in [-0.2, -0.15) is 0 Å². The first-order chi connectivity index (χ1) is 9.61. The summed E-state index contributed by atoms with van der Waals surface area (Å²) in [6, 6.07) is 3.62. The van der Waals surface area contributed by atoms with Crippen LogP contribution >= 0.6 is 11.6 Å². The van der Waals surface area contributed by atoms with Crippen molar-refractivity contribution in [2.24, 2.45) is 0 Å². The summed E-state index contributed by atoms with van der Waals surface area (Å²) < 4.78 is 0. The van der Waals surface area contributed by atoms with Gasteiger partial charge in [0.1, 0.15) is 5.02 Å². The number of nitrogens with one attached hydrogen (secondary N) is 1. The number of hydrogen-bond acceptors (Lipinski definition) is 2. The second-order valence-corrected chi connectivity index (χ2v) is 6.90. The highest BCUT2D eigenvalue weighted by Crippen LogP contribution is 2.29. The molecule has 1 N–H and O–H groups in total. The van der Waals surface area contributed by atoms with Gasteiger partial charge in [0, 0.05) is 34.1 Å². The van der Waals surface area contributed by atoms with Crippen LogP contribution in [0.1, 0.15) is 43.4 Å². The first-order valence-corrected chi connectivity index (χ1v) is 7.37. The van der Waals surface area contributed by atoms with E-state index in [4.69, 9.17) is 16.6 Å². The van der Waals surface area contributed by atoms with Crippen molar-refractivity contribution in [3.8, 4) is 11.3 Å². The molecule has 0 aromatic carbocycles. The van der Waals surface area contributed by atoms with E-state index in [2.05, 4.69) is 38.7 Å². The number of pyridine rings is 2. The maximum absolute atomic E-state index is 11.9. The molecule has 2 aromatic rings. The maximum Gasteiger partial charge on any atom is 0.201 e. The summed E-state index contributed by atoms with van der Waals surface area (Å²) in [6.45, 7) is 12.3. The molecule has 0 radical (unpaired) electrons. The van der Waals surface area contributed by atoms with Gasteiger partial charge in [0.2, 0.25) is 5.43 Å². The minimum absolute atomic E-state index is 0.00328. The van der Waals surface area contributed by atoms with Crippen molar-refractivity contribution in [2.45, 2.75) is 47.0 Å². The molecule has 0 atom stereocenters. The van der Waals surface area contributed by atoms with E-state index < -0.39 is 0 Å². The Bertz CT molecular complexity index is 755. The van der Waals surface area contributed by atoms with Crippen molar-refractivity contribution >= 4 is 11.6 Å². The zero-order chi connectivity index (χ0) is 15.9. The number of aromatic amines is 1. The first-order valence-electron chi connectivity index (χ1n) is 7.00. The minimum atomic E-state index is -0.167. The predicted molar refractivity (Wildman–Crippen MR) is 88.2 cm³/mol. The van der Waals surface area contributed by atoms with Crippen molar-refractivity contribution in [1.29, 1.82) is 0 Å². The van der Waals surface area contributed by atoms with E-state index in [0.717, 1.165) is 28.2 Å². The lowest BCUT2D eigenvalue weighted by atomic mass is 9.87. The van der Waals surface area contributed by atoms with Crippen molar-refractivity contribution < 1.29 is 0 Å². The molecule has 0 saturated heterocycles. The van der Waals surface area contributed by atoms with Crippen molar-refractivity contribution in [2.75, 3.05) is 0 Å². The smallest absolute Gasteiger partial charge is 0.201 e. The Morgan fingerprint density at radius 2 is 1.76 bits per heavy atom. The topological polar surface area (TPSA) is 45.8 Å². The Morgan fingerprint density at radius 1 is 1.14 bits per heavy atom. The number of nitrogens with zero attached hydrogens (tertiary/aromatic N) is 1. The molecule has 0 amide bonds. The van der Waals surface area contributed by atoms with Crippen molar-refractivity contribution in [1.82, 2.24) is 9.97 Å². The van der Waals surface area contributed by atoms with Crippen LogP contribution < -0.4 is 5.43 Å². The normalized spacial score (nSPS) is 11.8. The van der Waals surface area contributed by atoms with Crippen LogP contribution in [0.4, 0.5) is 0 Å². The van der Waals surface area contributed by atoms with Crippen LogP contribution in [0.3, 0.4) is 0 Å². The Balaban J connectivity index is 2.67. The van der Waals surface area contributed by atoms with Crippen LogP contribution in [0.2, 0.25) is 5.02 Å². The fraction of sp³-hybridized carbons (Fsp3) is 0.412. The van der Waals surface area contributed by atoms with Gasteiger partial charge in [-0.1, -0.05) is 32.4 Å². The number of hydrogen-bond donors (Lipinski definition) is 1. The van der Waals surface area contributed by atoms with Crippen molar-refractivity contribution in [3.63, 3.8) is 0 Å². The maximum atomic E-state index is 11.9. The third kappa shape index (κ3) is 3.03. The first kappa shape index (κ1) is 15.8. The number of rotatable bonds is 1. The van der Waals surface area contributed by atoms with Gasteiger partial charge in [0.05, 0.1) is 5.69 Å². The molecule has 3 nitrogen and oxygen atoms in total. The third-order valence-electron chi connectivity index (χ3n) is 3.55. The summed E-state index contributed by atoms with van der Waals surface area (Å²) in [7, 11) is 0. The van der Waals surface area contributed by atoms with Crippen LogP contribution in [0.15, 0.2) is 16.9 Å². The molecule has 4 heteroatoms. The Labute approximate surface area is 130 Å². The Hall–Kier alpha value is -1.61. The third-order valence-corrected chi connectivity index (χ3v) is 4.02. The van der Waals surface area contributed by atoms with Gasteiger partial charge in [-0.3, -0.25) is 9.78 Å². The molecule has 0 saturated carbocycles. The summed E-state index contributed by atoms with van der Waals surface area (Å²) in [5, 5.41) is 0.243. The quantitative estimate of drug-likeness (QED) is 0.853. The summed E-state index contributed by atoms with van der Waals surface area (Å²) in [4.78, 5) is 19.8. The lowest BCUT2D eigenvalue weighted by Crippen LogP contribution is -2.17. The Kier molecular flexibility index (Phi) is 3.98. The van der Waals surface area contributed by atoms with Gasteiger partial charge in [0.25, 0.3) is 0 Å². The summed E-state index contributed by atoms with van der Waals surface area (Å²) >= 11 is 5.93. The molecule has 112 valence electrons. The number of H-pyrrole nitrogens is 1. The zero-order valence-electron chi connectivity index (χ0n) is 13.4. The van der Waals surface area contributed by atoms with E-state index in [0.29, 0.717) is 5.69 Å². The zero-order valence-corrected chi connectivity index (χ0v) is 14.1. The van der Waals surface area contributed by atoms with Gasteiger partial charge in [0.15, 0.2) is 0 Å². The molecule has 0 spiro atoms. The van der Waals surface area contributed by atoms with Gasteiger partial charge in [-0.15, -0.1) is 0 Å². The second kappa shape index (κ2) is 5.30. The van der Waals surface area contributed by atoms with E-state index >= 15 is 0 Å². The molecule has 21 heavy (non-hydrogen) atoms. The molecule has 0 unspecified atom stereocenters. The van der Waals surface area contributed by atoms with Gasteiger partial charge in [-0.25, -0.2) is 0 Å². The predicted octanol–water partition coefficient (Wildman–Crippen LogP) is 4.31. The van der Waals surface area contributed by atoms with Gasteiger partial charge in [-0.05, 0) is 32.4 Å². The van der Waals surface area contributed by atoms with Crippen LogP contribution in [0, 0.1) is 20.8 Å². The molecular weight excluding hydrogens is 284 g/mol. The molecule has 0 fully saturated rings. The number of aryl methyl sites for hydroxylation is 3. The van der Waals surface area contributed by atoms with Crippen molar-refractivity contribution in [3.05, 3.63) is 50.0 Å². The summed E-state index contributed by atoms with van der Waals surface area (Å²) in [5.41, 5.74) is 5.32. The highest BCUT2D eigenvalue weighted by molar-refractivity contribution is 6.31. The SMILES string of the molecule is Cc1cc(-c2cc(=O)c(Cl)c(C)[nH]2)c(C)nc1C(C)(C)C. The van der Waals surface area contributed by atoms with Gasteiger partial charge >= 0.3 is 0 Å². The van der Waals surface area contributed by atoms with Gasteiger partial charge < -0.3 is 4.98 Å². The molecule has 2 aromatic heterocycles. The molecule has 0 bridgehead atoms. The standard InChI is InChI=1S/C17H21ClN2O/c1-9-7-12(10(2)20-16(9)17(4,5)6)13-8-14(21)15(18)11(3)19-13/h7-8H,1-6H3,(H,19,21). The van der Waals surface area contributed by atoms with E-state index in [1.807, 2.05) is 6.92 Å². The molecular formula is C17H21ClN2O. The van der Waals surface area contributed by atoms with Crippen LogP contribution in [-0.2, 0) is 5.41 Å². The molecule has 2 rings (SSSR count). The lowest BCUT2D eigenvalue weighted by Gasteiger charge is -2.22.